The van der Waals surface area contributed by atoms with Crippen LogP contribution in [-0.2, 0) is 0 Å². The predicted molar refractivity (Wildman–Crippen MR) is 159 cm³/mol. The highest BCUT2D eigenvalue weighted by molar-refractivity contribution is 7.16. The number of unbranched alkanes of at least 4 members (excludes halogenated alkanes) is 29. The first-order valence-electron chi connectivity index (χ1n) is 16.1. The van der Waals surface area contributed by atoms with Crippen LogP contribution < -0.4 is 0 Å². The molecule has 0 aliphatic heterocycles. The molecule has 0 amide bonds. The monoisotopic (exact) mass is 482 g/mol. The van der Waals surface area contributed by atoms with Crippen LogP contribution in [0, 0.1) is 0 Å². The van der Waals surface area contributed by atoms with Crippen molar-refractivity contribution >= 4 is 9.24 Å². The fraction of sp³-hybridized carbons (Fsp3) is 1.00. The molecule has 0 heterocycles. The highest BCUT2D eigenvalue weighted by atomic mass is 31.0. The minimum atomic E-state index is 1.29. The Bertz CT molecular complexity index is 284. The molecule has 0 aromatic rings. The Hall–Kier alpha value is 0.430. The quantitative estimate of drug-likeness (QED) is 0.0705. The van der Waals surface area contributed by atoms with Crippen molar-refractivity contribution in [2.75, 3.05) is 6.16 Å². The normalized spacial score (nSPS) is 11.5. The molecule has 1 heteroatoms. The minimum absolute atomic E-state index is 1.29. The number of hydrogen-bond donors (Lipinski definition) is 0. The van der Waals surface area contributed by atoms with Crippen LogP contribution in [0.25, 0.3) is 0 Å². The van der Waals surface area contributed by atoms with E-state index in [-0.39, 0.29) is 0 Å². The third-order valence-corrected chi connectivity index (χ3v) is 7.97. The van der Waals surface area contributed by atoms with E-state index in [1.165, 1.54) is 199 Å². The zero-order chi connectivity index (χ0) is 23.9. The van der Waals surface area contributed by atoms with Crippen molar-refractivity contribution in [3.05, 3.63) is 0 Å². The zero-order valence-corrected chi connectivity index (χ0v) is 24.7. The summed E-state index contributed by atoms with van der Waals surface area (Å²) >= 11 is 0. The highest BCUT2D eigenvalue weighted by Gasteiger charge is 1.96. The largest absolute Gasteiger partial charge is 0.138 e. The molecule has 0 radical (unpaired) electrons. The standard InChI is InChI=1S/C32H67P/c1-2-3-4-5-6-7-8-9-10-11-12-13-14-15-16-17-18-19-20-21-22-23-24-25-26-27-28-29-30-31-32-33/h2-33H2,1H3. The summed E-state index contributed by atoms with van der Waals surface area (Å²) in [5.74, 6) is 0. The Kier molecular flexibility index (Phi) is 32.9. The van der Waals surface area contributed by atoms with Crippen molar-refractivity contribution in [1.29, 1.82) is 0 Å². The summed E-state index contributed by atoms with van der Waals surface area (Å²) < 4.78 is 0. The second-order valence-corrected chi connectivity index (χ2v) is 11.6. The van der Waals surface area contributed by atoms with Crippen LogP contribution in [0.15, 0.2) is 0 Å². The lowest BCUT2D eigenvalue weighted by Crippen LogP contribution is -1.85. The number of hydrogen-bond acceptors (Lipinski definition) is 0. The lowest BCUT2D eigenvalue weighted by Gasteiger charge is -2.04. The maximum atomic E-state index is 2.85. The third kappa shape index (κ3) is 32.4. The molecule has 0 nitrogen and oxygen atoms in total. The summed E-state index contributed by atoms with van der Waals surface area (Å²) in [6.45, 7) is 2.31. The molecule has 0 bridgehead atoms. The van der Waals surface area contributed by atoms with E-state index >= 15 is 0 Å². The average Bonchev–Trinajstić information content (AvgIpc) is 2.83. The third-order valence-electron chi connectivity index (χ3n) is 7.56. The Labute approximate surface area is 214 Å². The van der Waals surface area contributed by atoms with Gasteiger partial charge in [-0.05, 0) is 12.6 Å². The van der Waals surface area contributed by atoms with Crippen molar-refractivity contribution in [3.63, 3.8) is 0 Å². The molecule has 0 aliphatic rings. The van der Waals surface area contributed by atoms with Gasteiger partial charge in [0.15, 0.2) is 0 Å². The van der Waals surface area contributed by atoms with E-state index in [0.29, 0.717) is 0 Å². The Morgan fingerprint density at radius 1 is 0.242 bits per heavy atom. The van der Waals surface area contributed by atoms with Gasteiger partial charge >= 0.3 is 0 Å². The smallest absolute Gasteiger partial charge is 0.0381 e. The summed E-state index contributed by atoms with van der Waals surface area (Å²) in [6.07, 6.45) is 45.7. The molecule has 0 aromatic carbocycles. The van der Waals surface area contributed by atoms with Gasteiger partial charge in [0.1, 0.15) is 0 Å². The molecule has 1 atom stereocenters. The zero-order valence-electron chi connectivity index (χ0n) is 23.5. The van der Waals surface area contributed by atoms with Gasteiger partial charge in [-0.1, -0.05) is 193 Å². The Balaban J connectivity index is 2.99. The first-order chi connectivity index (χ1) is 16.4. The maximum Gasteiger partial charge on any atom is -0.0381 e. The van der Waals surface area contributed by atoms with Crippen LogP contribution in [0.1, 0.15) is 200 Å². The molecular formula is C32H67P. The van der Waals surface area contributed by atoms with Gasteiger partial charge in [0.25, 0.3) is 0 Å². The molecular weight excluding hydrogens is 415 g/mol. The highest BCUT2D eigenvalue weighted by Crippen LogP contribution is 2.16. The van der Waals surface area contributed by atoms with Gasteiger partial charge in [-0.3, -0.25) is 0 Å². The van der Waals surface area contributed by atoms with Crippen LogP contribution in [0.3, 0.4) is 0 Å². The topological polar surface area (TPSA) is 0 Å². The van der Waals surface area contributed by atoms with Crippen LogP contribution in [0.2, 0.25) is 0 Å². The van der Waals surface area contributed by atoms with Gasteiger partial charge in [0, 0.05) is 0 Å². The summed E-state index contributed by atoms with van der Waals surface area (Å²) in [4.78, 5) is 0. The van der Waals surface area contributed by atoms with Gasteiger partial charge < -0.3 is 0 Å². The molecule has 0 saturated carbocycles. The SMILES string of the molecule is CCCCCCCCCCCCCCCCCCCCCCCCCCCCCCCCP. The van der Waals surface area contributed by atoms with E-state index in [0.717, 1.165) is 0 Å². The van der Waals surface area contributed by atoms with E-state index < -0.39 is 0 Å². The predicted octanol–water partition coefficient (Wildman–Crippen LogP) is 12.6. The molecule has 0 rings (SSSR count). The molecule has 0 saturated heterocycles. The van der Waals surface area contributed by atoms with Crippen LogP contribution >= 0.6 is 9.24 Å². The van der Waals surface area contributed by atoms with E-state index in [2.05, 4.69) is 16.2 Å². The van der Waals surface area contributed by atoms with Crippen molar-refractivity contribution in [3.8, 4) is 0 Å². The fourth-order valence-corrected chi connectivity index (χ4v) is 5.46. The molecule has 0 N–H and O–H groups in total. The number of rotatable bonds is 30. The van der Waals surface area contributed by atoms with Gasteiger partial charge in [0.05, 0.1) is 0 Å². The summed E-state index contributed by atoms with van der Waals surface area (Å²) in [5.41, 5.74) is 0. The second-order valence-electron chi connectivity index (χ2n) is 11.0. The van der Waals surface area contributed by atoms with Crippen LogP contribution in [0.5, 0.6) is 0 Å². The summed E-state index contributed by atoms with van der Waals surface area (Å²) in [6, 6.07) is 0. The first kappa shape index (κ1) is 33.4. The van der Waals surface area contributed by atoms with Crippen LogP contribution in [-0.4, -0.2) is 6.16 Å². The molecule has 200 valence electrons. The van der Waals surface area contributed by atoms with Crippen molar-refractivity contribution < 1.29 is 0 Å². The van der Waals surface area contributed by atoms with E-state index in [9.17, 15) is 0 Å². The van der Waals surface area contributed by atoms with E-state index in [1.54, 1.807) is 0 Å². The molecule has 0 aromatic heterocycles. The molecule has 33 heavy (non-hydrogen) atoms. The molecule has 0 aliphatic carbocycles. The van der Waals surface area contributed by atoms with Crippen molar-refractivity contribution in [2.45, 2.75) is 200 Å². The van der Waals surface area contributed by atoms with E-state index in [4.69, 9.17) is 0 Å². The lowest BCUT2D eigenvalue weighted by molar-refractivity contribution is 0.513. The molecule has 1 unspecified atom stereocenters. The molecule has 0 spiro atoms. The maximum absolute atomic E-state index is 2.85. The average molecular weight is 483 g/mol. The Morgan fingerprint density at radius 2 is 0.394 bits per heavy atom. The summed E-state index contributed by atoms with van der Waals surface area (Å²) in [7, 11) is 2.85. The summed E-state index contributed by atoms with van der Waals surface area (Å²) in [5, 5.41) is 0. The van der Waals surface area contributed by atoms with Gasteiger partial charge in [-0.25, -0.2) is 0 Å². The van der Waals surface area contributed by atoms with Crippen molar-refractivity contribution in [1.82, 2.24) is 0 Å². The van der Waals surface area contributed by atoms with Gasteiger partial charge in [-0.2, -0.15) is 0 Å². The first-order valence-corrected chi connectivity index (χ1v) is 16.9. The van der Waals surface area contributed by atoms with Gasteiger partial charge in [-0.15, -0.1) is 9.24 Å². The van der Waals surface area contributed by atoms with Crippen molar-refractivity contribution in [2.24, 2.45) is 0 Å². The lowest BCUT2D eigenvalue weighted by atomic mass is 10.0. The second kappa shape index (κ2) is 32.4. The minimum Gasteiger partial charge on any atom is -0.138 e. The van der Waals surface area contributed by atoms with Gasteiger partial charge in [0.2, 0.25) is 0 Å². The van der Waals surface area contributed by atoms with Crippen LogP contribution in [0.4, 0.5) is 0 Å². The Morgan fingerprint density at radius 3 is 0.545 bits per heavy atom. The fourth-order valence-electron chi connectivity index (χ4n) is 5.17. The molecule has 0 fully saturated rings. The van der Waals surface area contributed by atoms with E-state index in [1.807, 2.05) is 0 Å².